The molecule has 2 aromatic rings. The third kappa shape index (κ3) is 4.41. The van der Waals surface area contributed by atoms with Gasteiger partial charge in [0.2, 0.25) is 5.91 Å². The van der Waals surface area contributed by atoms with Gasteiger partial charge in [-0.3, -0.25) is 9.59 Å². The van der Waals surface area contributed by atoms with E-state index in [-0.39, 0.29) is 18.4 Å². The molecule has 158 valence electrons. The number of fused-ring (bicyclic) bond motifs is 1. The molecule has 2 aromatic carbocycles. The van der Waals surface area contributed by atoms with Crippen molar-refractivity contribution in [3.05, 3.63) is 59.7 Å². The van der Waals surface area contributed by atoms with Gasteiger partial charge in [0.15, 0.2) is 0 Å². The molecule has 2 aliphatic heterocycles. The molecule has 7 nitrogen and oxygen atoms in total. The first-order valence-corrected chi connectivity index (χ1v) is 10.4. The molecule has 2 aliphatic rings. The number of hydrogen-bond acceptors (Lipinski definition) is 5. The lowest BCUT2D eigenvalue weighted by atomic mass is 9.90. The third-order valence-electron chi connectivity index (χ3n) is 6.02. The van der Waals surface area contributed by atoms with Gasteiger partial charge in [-0.15, -0.1) is 0 Å². The van der Waals surface area contributed by atoms with Crippen LogP contribution in [0.15, 0.2) is 48.5 Å². The maximum Gasteiger partial charge on any atom is 0.257 e. The Kier molecular flexibility index (Phi) is 5.63. The lowest BCUT2D eigenvalue weighted by Gasteiger charge is -2.42. The number of β-amino-alcohol motifs (C(OH)–C–C–N with tert-alkyl or cyclic N) is 1. The molecule has 0 atom stereocenters. The van der Waals surface area contributed by atoms with Crippen molar-refractivity contribution in [1.29, 1.82) is 0 Å². The molecule has 30 heavy (non-hydrogen) atoms. The van der Waals surface area contributed by atoms with Gasteiger partial charge < -0.3 is 26.0 Å². The predicted octanol–water partition coefficient (Wildman–Crippen LogP) is 2.08. The Morgan fingerprint density at radius 2 is 1.87 bits per heavy atom. The van der Waals surface area contributed by atoms with Gasteiger partial charge in [0, 0.05) is 25.2 Å². The number of carbonyl (C=O) groups excluding carboxylic acids is 2. The van der Waals surface area contributed by atoms with E-state index in [1.807, 2.05) is 35.2 Å². The second-order valence-corrected chi connectivity index (χ2v) is 8.23. The van der Waals surface area contributed by atoms with Crippen molar-refractivity contribution in [3.8, 4) is 0 Å². The Bertz CT molecular complexity index is 923. The molecule has 7 heteroatoms. The summed E-state index contributed by atoms with van der Waals surface area (Å²) in [6.07, 6.45) is 2.11. The molecule has 0 aliphatic carbocycles. The first-order valence-electron chi connectivity index (χ1n) is 10.4. The van der Waals surface area contributed by atoms with Crippen LogP contribution < -0.4 is 11.1 Å². The van der Waals surface area contributed by atoms with E-state index < -0.39 is 5.60 Å². The summed E-state index contributed by atoms with van der Waals surface area (Å²) < 4.78 is 0. The van der Waals surface area contributed by atoms with E-state index in [0.717, 1.165) is 17.7 Å². The van der Waals surface area contributed by atoms with E-state index in [2.05, 4.69) is 5.32 Å². The molecular weight excluding hydrogens is 380 g/mol. The highest BCUT2D eigenvalue weighted by Gasteiger charge is 2.38. The van der Waals surface area contributed by atoms with Gasteiger partial charge in [-0.05, 0) is 43.0 Å². The van der Waals surface area contributed by atoms with E-state index in [1.54, 1.807) is 23.1 Å². The van der Waals surface area contributed by atoms with E-state index in [4.69, 9.17) is 5.73 Å². The van der Waals surface area contributed by atoms with Gasteiger partial charge in [0.1, 0.15) is 0 Å². The first-order chi connectivity index (χ1) is 14.4. The van der Waals surface area contributed by atoms with Crippen molar-refractivity contribution in [1.82, 2.24) is 9.80 Å². The summed E-state index contributed by atoms with van der Waals surface area (Å²) in [5.41, 5.74) is 7.84. The number of rotatable bonds is 5. The topological polar surface area (TPSA) is 98.9 Å². The zero-order valence-electron chi connectivity index (χ0n) is 17.0. The number of nitrogen functional groups attached to an aromatic ring is 1. The molecule has 0 spiro atoms. The fourth-order valence-corrected chi connectivity index (χ4v) is 4.18. The van der Waals surface area contributed by atoms with Crippen molar-refractivity contribution >= 4 is 23.2 Å². The van der Waals surface area contributed by atoms with Gasteiger partial charge in [-0.25, -0.2) is 0 Å². The number of likely N-dealkylation sites (tertiary alicyclic amines) is 1. The van der Waals surface area contributed by atoms with Crippen molar-refractivity contribution in [2.75, 3.05) is 37.4 Å². The molecule has 0 bridgehead atoms. The van der Waals surface area contributed by atoms with Crippen LogP contribution in [-0.4, -0.2) is 58.6 Å². The normalized spacial score (nSPS) is 18.0. The standard InChI is InChI=1S/C23H28N4O3/c24-18-7-8-19-20(14-18)25-16-27(22(19)29)15-23(30)10-12-26(13-11-23)21(28)9-6-17-4-2-1-3-5-17/h1-5,7-8,14,25,30H,6,9-13,15-16,24H2. The lowest BCUT2D eigenvalue weighted by molar-refractivity contribution is -0.135. The van der Waals surface area contributed by atoms with E-state index in [1.165, 1.54) is 0 Å². The average molecular weight is 409 g/mol. The summed E-state index contributed by atoms with van der Waals surface area (Å²) in [7, 11) is 0. The molecule has 4 N–H and O–H groups in total. The summed E-state index contributed by atoms with van der Waals surface area (Å²) >= 11 is 0. The minimum absolute atomic E-state index is 0.112. The maximum atomic E-state index is 12.8. The molecule has 2 amide bonds. The maximum absolute atomic E-state index is 12.8. The number of piperidine rings is 1. The van der Waals surface area contributed by atoms with Crippen LogP contribution in [0.25, 0.3) is 0 Å². The second kappa shape index (κ2) is 8.36. The minimum Gasteiger partial charge on any atom is -0.399 e. The first kappa shape index (κ1) is 20.2. The number of amides is 2. The zero-order chi connectivity index (χ0) is 21.1. The van der Waals surface area contributed by atoms with E-state index in [9.17, 15) is 14.7 Å². The Hall–Kier alpha value is -3.06. The van der Waals surface area contributed by atoms with Crippen molar-refractivity contribution in [2.45, 2.75) is 31.3 Å². The quantitative estimate of drug-likeness (QED) is 0.658. The van der Waals surface area contributed by atoms with Crippen LogP contribution in [0, 0.1) is 0 Å². The van der Waals surface area contributed by atoms with Crippen molar-refractivity contribution in [2.24, 2.45) is 0 Å². The van der Waals surface area contributed by atoms with Crippen LogP contribution in [0.4, 0.5) is 11.4 Å². The highest BCUT2D eigenvalue weighted by molar-refractivity contribution is 6.01. The number of nitrogens with two attached hydrogens (primary N) is 1. The summed E-state index contributed by atoms with van der Waals surface area (Å²) in [6.45, 7) is 1.59. The van der Waals surface area contributed by atoms with Gasteiger partial charge >= 0.3 is 0 Å². The molecule has 0 radical (unpaired) electrons. The lowest BCUT2D eigenvalue weighted by Crippen LogP contribution is -2.54. The van der Waals surface area contributed by atoms with Crippen LogP contribution in [0.2, 0.25) is 0 Å². The predicted molar refractivity (Wildman–Crippen MR) is 116 cm³/mol. The van der Waals surface area contributed by atoms with Crippen molar-refractivity contribution < 1.29 is 14.7 Å². The molecule has 2 heterocycles. The minimum atomic E-state index is -0.987. The fraction of sp³-hybridized carbons (Fsp3) is 0.391. The summed E-state index contributed by atoms with van der Waals surface area (Å²) in [5.74, 6) is 0.00155. The highest BCUT2D eigenvalue weighted by atomic mass is 16.3. The SMILES string of the molecule is Nc1ccc2c(c1)NCN(CC1(O)CCN(C(=O)CCc3ccccc3)CC1)C2=O. The summed E-state index contributed by atoms with van der Waals surface area (Å²) in [4.78, 5) is 28.8. The van der Waals surface area contributed by atoms with Crippen LogP contribution >= 0.6 is 0 Å². The Morgan fingerprint density at radius 3 is 2.60 bits per heavy atom. The molecule has 1 saturated heterocycles. The van der Waals surface area contributed by atoms with Crippen LogP contribution in [0.3, 0.4) is 0 Å². The fourth-order valence-electron chi connectivity index (χ4n) is 4.18. The van der Waals surface area contributed by atoms with Crippen molar-refractivity contribution in [3.63, 3.8) is 0 Å². The number of hydrogen-bond donors (Lipinski definition) is 3. The summed E-state index contributed by atoms with van der Waals surface area (Å²) in [6, 6.07) is 15.1. The number of nitrogens with zero attached hydrogens (tertiary/aromatic N) is 2. The number of benzene rings is 2. The van der Waals surface area contributed by atoms with Crippen LogP contribution in [0.1, 0.15) is 35.2 Å². The van der Waals surface area contributed by atoms with Gasteiger partial charge in [0.05, 0.1) is 30.1 Å². The summed E-state index contributed by atoms with van der Waals surface area (Å²) in [5, 5.41) is 14.3. The Balaban J connectivity index is 1.30. The molecule has 4 rings (SSSR count). The number of carbonyl (C=O) groups is 2. The average Bonchev–Trinajstić information content (AvgIpc) is 2.75. The monoisotopic (exact) mass is 408 g/mol. The van der Waals surface area contributed by atoms with E-state index in [0.29, 0.717) is 50.3 Å². The van der Waals surface area contributed by atoms with E-state index >= 15 is 0 Å². The van der Waals surface area contributed by atoms with Gasteiger partial charge in [-0.2, -0.15) is 0 Å². The molecule has 0 unspecified atom stereocenters. The second-order valence-electron chi connectivity index (χ2n) is 8.23. The molecular formula is C23H28N4O3. The highest BCUT2D eigenvalue weighted by Crippen LogP contribution is 2.29. The number of nitrogens with one attached hydrogen (secondary N) is 1. The van der Waals surface area contributed by atoms with Gasteiger partial charge in [0.25, 0.3) is 5.91 Å². The number of aryl methyl sites for hydroxylation is 1. The number of anilines is 2. The van der Waals surface area contributed by atoms with Gasteiger partial charge in [-0.1, -0.05) is 30.3 Å². The Morgan fingerprint density at radius 1 is 1.13 bits per heavy atom. The Labute approximate surface area is 176 Å². The molecule has 1 fully saturated rings. The third-order valence-corrected chi connectivity index (χ3v) is 6.02. The largest absolute Gasteiger partial charge is 0.399 e. The zero-order valence-corrected chi connectivity index (χ0v) is 17.0. The van der Waals surface area contributed by atoms with Crippen LogP contribution in [0.5, 0.6) is 0 Å². The van der Waals surface area contributed by atoms with Crippen LogP contribution in [-0.2, 0) is 11.2 Å². The number of aliphatic hydroxyl groups is 1. The molecule has 0 saturated carbocycles. The molecule has 0 aromatic heterocycles. The smallest absolute Gasteiger partial charge is 0.257 e.